The molecular weight excluding hydrogens is 260 g/mol. The summed E-state index contributed by atoms with van der Waals surface area (Å²) in [6, 6.07) is 8.41. The molecular formula is C18H26N2O. The molecule has 2 fully saturated rings. The first kappa shape index (κ1) is 14.6. The molecule has 1 aromatic rings. The lowest BCUT2D eigenvalue weighted by Gasteiger charge is -2.33. The van der Waals surface area contributed by atoms with Crippen LogP contribution in [-0.2, 0) is 4.79 Å². The fraction of sp³-hybridized carbons (Fsp3) is 0.611. The normalized spacial score (nSPS) is 29.8. The Kier molecular flexibility index (Phi) is 3.78. The van der Waals surface area contributed by atoms with Crippen molar-refractivity contribution >= 4 is 5.91 Å². The molecule has 0 radical (unpaired) electrons. The Hall–Kier alpha value is -1.35. The van der Waals surface area contributed by atoms with Crippen molar-refractivity contribution in [3.05, 3.63) is 35.4 Å². The molecule has 1 aliphatic carbocycles. The van der Waals surface area contributed by atoms with Crippen molar-refractivity contribution in [2.24, 2.45) is 5.92 Å². The van der Waals surface area contributed by atoms with E-state index in [1.165, 1.54) is 30.4 Å². The number of benzene rings is 1. The average molecular weight is 286 g/mol. The summed E-state index contributed by atoms with van der Waals surface area (Å²) < 4.78 is 0. The number of rotatable bonds is 4. The Morgan fingerprint density at radius 3 is 2.62 bits per heavy atom. The highest BCUT2D eigenvalue weighted by Crippen LogP contribution is 2.37. The molecule has 1 aliphatic heterocycles. The van der Waals surface area contributed by atoms with Crippen molar-refractivity contribution in [2.45, 2.75) is 58.2 Å². The third kappa shape index (κ3) is 2.48. The minimum absolute atomic E-state index is 0.0317. The fourth-order valence-electron chi connectivity index (χ4n) is 3.41. The first-order valence-corrected chi connectivity index (χ1v) is 8.19. The van der Waals surface area contributed by atoms with Crippen molar-refractivity contribution in [1.82, 2.24) is 10.2 Å². The van der Waals surface area contributed by atoms with Crippen LogP contribution in [0.25, 0.3) is 0 Å². The highest BCUT2D eigenvalue weighted by Gasteiger charge is 2.48. The van der Waals surface area contributed by atoms with Crippen LogP contribution in [0, 0.1) is 12.8 Å². The lowest BCUT2D eigenvalue weighted by molar-refractivity contribution is -0.134. The molecule has 1 N–H and O–H groups in total. The smallest absolute Gasteiger partial charge is 0.244 e. The van der Waals surface area contributed by atoms with Crippen LogP contribution in [0.2, 0.25) is 0 Å². The van der Waals surface area contributed by atoms with Crippen LogP contribution >= 0.6 is 0 Å². The molecule has 1 amide bonds. The minimum atomic E-state index is -0.420. The Morgan fingerprint density at radius 1 is 1.33 bits per heavy atom. The highest BCUT2D eigenvalue weighted by atomic mass is 16.2. The van der Waals surface area contributed by atoms with Crippen molar-refractivity contribution in [1.29, 1.82) is 0 Å². The van der Waals surface area contributed by atoms with Gasteiger partial charge in [0.25, 0.3) is 0 Å². The van der Waals surface area contributed by atoms with Gasteiger partial charge in [0, 0.05) is 6.54 Å². The number of nitrogens with one attached hydrogen (secondary N) is 1. The lowest BCUT2D eigenvalue weighted by atomic mass is 9.84. The molecule has 3 nitrogen and oxygen atoms in total. The number of carbonyl (C=O) groups is 1. The first-order valence-electron chi connectivity index (χ1n) is 8.19. The predicted molar refractivity (Wildman–Crippen MR) is 84.8 cm³/mol. The topological polar surface area (TPSA) is 32.3 Å². The van der Waals surface area contributed by atoms with E-state index in [2.05, 4.69) is 48.3 Å². The third-order valence-corrected chi connectivity index (χ3v) is 5.37. The average Bonchev–Trinajstić information content (AvgIpc) is 2.68. The van der Waals surface area contributed by atoms with Gasteiger partial charge in [-0.15, -0.1) is 0 Å². The van der Waals surface area contributed by atoms with Gasteiger partial charge in [-0.1, -0.05) is 37.6 Å². The van der Waals surface area contributed by atoms with Crippen LogP contribution < -0.4 is 5.32 Å². The molecule has 2 aliphatic rings. The van der Waals surface area contributed by atoms with E-state index in [9.17, 15) is 4.79 Å². The number of amides is 1. The summed E-state index contributed by atoms with van der Waals surface area (Å²) >= 11 is 0. The number of aryl methyl sites for hydroxylation is 1. The van der Waals surface area contributed by atoms with Gasteiger partial charge in [-0.2, -0.15) is 0 Å². The number of nitrogens with zero attached hydrogens (tertiary/aromatic N) is 1. The number of hydrogen-bond acceptors (Lipinski definition) is 2. The van der Waals surface area contributed by atoms with E-state index in [0.29, 0.717) is 5.92 Å². The van der Waals surface area contributed by atoms with E-state index < -0.39 is 5.54 Å². The molecule has 1 saturated heterocycles. The quantitative estimate of drug-likeness (QED) is 0.920. The van der Waals surface area contributed by atoms with Crippen molar-refractivity contribution in [3.63, 3.8) is 0 Å². The van der Waals surface area contributed by atoms with E-state index in [1.54, 1.807) is 0 Å². The Labute approximate surface area is 127 Å². The van der Waals surface area contributed by atoms with Gasteiger partial charge in [-0.3, -0.25) is 10.1 Å². The van der Waals surface area contributed by atoms with Gasteiger partial charge in [0.05, 0.1) is 5.54 Å². The van der Waals surface area contributed by atoms with Crippen molar-refractivity contribution in [3.8, 4) is 0 Å². The second-order valence-electron chi connectivity index (χ2n) is 6.84. The molecule has 2 atom stereocenters. The van der Waals surface area contributed by atoms with Crippen LogP contribution in [0.5, 0.6) is 0 Å². The molecule has 2 unspecified atom stereocenters. The highest BCUT2D eigenvalue weighted by molar-refractivity contribution is 5.88. The Balaban J connectivity index is 1.92. The van der Waals surface area contributed by atoms with Crippen LogP contribution in [0.1, 0.15) is 56.8 Å². The number of carbonyl (C=O) groups excluding carboxylic acids is 1. The van der Waals surface area contributed by atoms with E-state index in [4.69, 9.17) is 0 Å². The maximum atomic E-state index is 12.9. The van der Waals surface area contributed by atoms with Crippen molar-refractivity contribution in [2.75, 3.05) is 6.54 Å². The van der Waals surface area contributed by atoms with Gasteiger partial charge in [0.2, 0.25) is 5.91 Å². The summed E-state index contributed by atoms with van der Waals surface area (Å²) in [6.07, 6.45) is 4.72. The van der Waals surface area contributed by atoms with Gasteiger partial charge in [0.15, 0.2) is 0 Å². The van der Waals surface area contributed by atoms with E-state index in [1.807, 2.05) is 6.92 Å². The molecule has 0 spiro atoms. The molecule has 3 heteroatoms. The fourth-order valence-corrected chi connectivity index (χ4v) is 3.41. The molecule has 1 saturated carbocycles. The van der Waals surface area contributed by atoms with E-state index in [0.717, 1.165) is 13.0 Å². The molecule has 114 valence electrons. The molecule has 0 aromatic heterocycles. The largest absolute Gasteiger partial charge is 0.321 e. The summed E-state index contributed by atoms with van der Waals surface area (Å²) in [7, 11) is 0. The van der Waals surface area contributed by atoms with Gasteiger partial charge in [-0.05, 0) is 50.2 Å². The molecule has 1 heterocycles. The molecule has 1 aromatic carbocycles. The first-order chi connectivity index (χ1) is 10.0. The summed E-state index contributed by atoms with van der Waals surface area (Å²) in [5.74, 6) is 0.964. The minimum Gasteiger partial charge on any atom is -0.321 e. The van der Waals surface area contributed by atoms with Gasteiger partial charge < -0.3 is 4.90 Å². The molecule has 3 rings (SSSR count). The summed E-state index contributed by atoms with van der Waals surface area (Å²) in [4.78, 5) is 15.0. The van der Waals surface area contributed by atoms with Crippen molar-refractivity contribution < 1.29 is 4.79 Å². The zero-order valence-electron chi connectivity index (χ0n) is 13.4. The van der Waals surface area contributed by atoms with Crippen LogP contribution in [0.15, 0.2) is 24.3 Å². The van der Waals surface area contributed by atoms with E-state index >= 15 is 0 Å². The maximum absolute atomic E-state index is 12.9. The predicted octanol–water partition coefficient (Wildman–Crippen LogP) is 3.39. The third-order valence-electron chi connectivity index (χ3n) is 5.37. The number of hydrogen-bond donors (Lipinski definition) is 1. The zero-order chi connectivity index (χ0) is 15.0. The second kappa shape index (κ2) is 5.45. The summed E-state index contributed by atoms with van der Waals surface area (Å²) in [6.45, 7) is 7.17. The van der Waals surface area contributed by atoms with E-state index in [-0.39, 0.29) is 12.1 Å². The summed E-state index contributed by atoms with van der Waals surface area (Å²) in [5, 5.41) is 3.60. The monoisotopic (exact) mass is 286 g/mol. The molecule has 21 heavy (non-hydrogen) atoms. The van der Waals surface area contributed by atoms with Gasteiger partial charge in [0.1, 0.15) is 6.17 Å². The Morgan fingerprint density at radius 2 is 2.05 bits per heavy atom. The van der Waals surface area contributed by atoms with Crippen LogP contribution in [0.3, 0.4) is 0 Å². The maximum Gasteiger partial charge on any atom is 0.244 e. The van der Waals surface area contributed by atoms with Crippen LogP contribution in [-0.4, -0.2) is 22.9 Å². The SMILES string of the molecule is CCC1(C)NC(c2ccccc2C)N(CC2CCC2)C1=O. The lowest BCUT2D eigenvalue weighted by Crippen LogP contribution is -2.43. The molecule has 0 bridgehead atoms. The standard InChI is InChI=1S/C18H26N2O/c1-4-18(3)17(21)20(12-14-9-7-10-14)16(19-18)15-11-6-5-8-13(15)2/h5-6,8,11,14,16,19H,4,7,9-10,12H2,1-3H3. The van der Waals surface area contributed by atoms with Crippen LogP contribution in [0.4, 0.5) is 0 Å². The Bertz CT molecular complexity index is 538. The summed E-state index contributed by atoms with van der Waals surface area (Å²) in [5.41, 5.74) is 2.07. The second-order valence-corrected chi connectivity index (χ2v) is 6.84. The zero-order valence-corrected chi connectivity index (χ0v) is 13.4. The van der Waals surface area contributed by atoms with Gasteiger partial charge in [-0.25, -0.2) is 0 Å². The van der Waals surface area contributed by atoms with Gasteiger partial charge >= 0.3 is 0 Å².